The lowest BCUT2D eigenvalue weighted by Gasteiger charge is -2.24. The SMILES string of the molecule is COCCCN1C(=O)C(=O)/C(=C(\O)c2ccc(Br)c(C)c2)C1c1sccc1C. The van der Waals surface area contributed by atoms with Gasteiger partial charge in [0.25, 0.3) is 11.7 Å². The Bertz CT molecular complexity index is 950. The maximum atomic E-state index is 12.9. The summed E-state index contributed by atoms with van der Waals surface area (Å²) >= 11 is 4.93. The third-order valence-corrected chi connectivity index (χ3v) is 6.83. The number of methoxy groups -OCH3 is 1. The number of benzene rings is 1. The fourth-order valence-electron chi connectivity index (χ4n) is 3.37. The molecule has 1 aromatic heterocycles. The first-order valence-corrected chi connectivity index (χ1v) is 10.6. The van der Waals surface area contributed by atoms with Crippen LogP contribution in [0.25, 0.3) is 5.76 Å². The highest BCUT2D eigenvalue weighted by atomic mass is 79.9. The van der Waals surface area contributed by atoms with Gasteiger partial charge in [0, 0.05) is 35.2 Å². The standard InChI is InChI=1S/C21H22BrNO4S/c1-12-7-10-28-20(12)17-16(18(24)14-5-6-15(22)13(2)11-14)19(25)21(26)23(17)8-4-9-27-3/h5-7,10-11,17,24H,4,8-9H2,1-3H3/b18-16-. The van der Waals surface area contributed by atoms with Crippen molar-refractivity contribution in [2.45, 2.75) is 26.3 Å². The predicted molar refractivity (Wildman–Crippen MR) is 113 cm³/mol. The maximum Gasteiger partial charge on any atom is 0.295 e. The zero-order valence-electron chi connectivity index (χ0n) is 16.0. The van der Waals surface area contributed by atoms with Gasteiger partial charge in [0.1, 0.15) is 5.76 Å². The number of hydrogen-bond acceptors (Lipinski definition) is 5. The van der Waals surface area contributed by atoms with Crippen LogP contribution in [0, 0.1) is 13.8 Å². The number of thiophene rings is 1. The number of ketones is 1. The third kappa shape index (κ3) is 3.79. The molecule has 1 unspecified atom stereocenters. The number of ether oxygens (including phenoxy) is 1. The van der Waals surface area contributed by atoms with Crippen molar-refractivity contribution < 1.29 is 19.4 Å². The molecular weight excluding hydrogens is 442 g/mol. The van der Waals surface area contributed by atoms with Crippen molar-refractivity contribution in [2.24, 2.45) is 0 Å². The first kappa shape index (κ1) is 20.8. The summed E-state index contributed by atoms with van der Waals surface area (Å²) in [6.45, 7) is 4.73. The van der Waals surface area contributed by atoms with Gasteiger partial charge in [-0.3, -0.25) is 9.59 Å². The average Bonchev–Trinajstić information content (AvgIpc) is 3.19. The van der Waals surface area contributed by atoms with Crippen molar-refractivity contribution in [3.63, 3.8) is 0 Å². The highest BCUT2D eigenvalue weighted by Crippen LogP contribution is 2.42. The molecule has 1 aliphatic rings. The first-order chi connectivity index (χ1) is 13.4. The van der Waals surface area contributed by atoms with Gasteiger partial charge in [-0.15, -0.1) is 11.3 Å². The largest absolute Gasteiger partial charge is 0.507 e. The van der Waals surface area contributed by atoms with Crippen molar-refractivity contribution in [3.8, 4) is 0 Å². The maximum absolute atomic E-state index is 12.9. The lowest BCUT2D eigenvalue weighted by Crippen LogP contribution is -2.31. The Morgan fingerprint density at radius 2 is 2.00 bits per heavy atom. The second-order valence-electron chi connectivity index (χ2n) is 6.77. The molecule has 1 aliphatic heterocycles. The van der Waals surface area contributed by atoms with Crippen molar-refractivity contribution in [1.29, 1.82) is 0 Å². The predicted octanol–water partition coefficient (Wildman–Crippen LogP) is 4.59. The normalized spacial score (nSPS) is 18.9. The number of carbonyl (C=O) groups is 2. The van der Waals surface area contributed by atoms with Crippen LogP contribution in [-0.4, -0.2) is 42.0 Å². The molecular formula is C21H22BrNO4S. The second kappa shape index (κ2) is 8.59. The van der Waals surface area contributed by atoms with Crippen molar-refractivity contribution >= 4 is 44.7 Å². The van der Waals surface area contributed by atoms with Gasteiger partial charge in [-0.2, -0.15) is 0 Å². The van der Waals surface area contributed by atoms with Crippen LogP contribution in [0.15, 0.2) is 39.7 Å². The van der Waals surface area contributed by atoms with E-state index in [1.54, 1.807) is 24.1 Å². The molecule has 7 heteroatoms. The lowest BCUT2D eigenvalue weighted by molar-refractivity contribution is -0.140. The van der Waals surface area contributed by atoms with E-state index in [-0.39, 0.29) is 11.3 Å². The lowest BCUT2D eigenvalue weighted by atomic mass is 9.97. The molecule has 0 radical (unpaired) electrons. The number of rotatable bonds is 6. The van der Waals surface area contributed by atoms with E-state index in [2.05, 4.69) is 15.9 Å². The van der Waals surface area contributed by atoms with E-state index >= 15 is 0 Å². The summed E-state index contributed by atoms with van der Waals surface area (Å²) in [5, 5.41) is 13.0. The zero-order valence-corrected chi connectivity index (χ0v) is 18.4. The highest BCUT2D eigenvalue weighted by Gasteiger charge is 2.46. The second-order valence-corrected chi connectivity index (χ2v) is 8.57. The quantitative estimate of drug-likeness (QED) is 0.294. The minimum Gasteiger partial charge on any atom is -0.507 e. The Balaban J connectivity index is 2.13. The Morgan fingerprint density at radius 3 is 2.61 bits per heavy atom. The van der Waals surface area contributed by atoms with E-state index in [1.165, 1.54) is 11.3 Å². The summed E-state index contributed by atoms with van der Waals surface area (Å²) in [6, 6.07) is 6.74. The van der Waals surface area contributed by atoms with Gasteiger partial charge in [-0.05, 0) is 55.0 Å². The molecule has 1 saturated heterocycles. The Morgan fingerprint density at radius 1 is 1.25 bits per heavy atom. The molecule has 5 nitrogen and oxygen atoms in total. The van der Waals surface area contributed by atoms with Gasteiger partial charge in [0.2, 0.25) is 0 Å². The fourth-order valence-corrected chi connectivity index (χ4v) is 4.67. The van der Waals surface area contributed by atoms with E-state index < -0.39 is 17.7 Å². The van der Waals surface area contributed by atoms with Gasteiger partial charge in [-0.1, -0.05) is 22.0 Å². The molecule has 1 N–H and O–H groups in total. The Labute approximate surface area is 176 Å². The third-order valence-electron chi connectivity index (χ3n) is 4.87. The zero-order chi connectivity index (χ0) is 20.4. The molecule has 0 saturated carbocycles. The molecule has 0 spiro atoms. The van der Waals surface area contributed by atoms with Gasteiger partial charge >= 0.3 is 0 Å². The van der Waals surface area contributed by atoms with E-state index in [0.717, 1.165) is 20.5 Å². The molecule has 1 aromatic carbocycles. The van der Waals surface area contributed by atoms with Crippen LogP contribution in [0.2, 0.25) is 0 Å². The molecule has 0 aliphatic carbocycles. The van der Waals surface area contributed by atoms with Crippen molar-refractivity contribution in [2.75, 3.05) is 20.3 Å². The summed E-state index contributed by atoms with van der Waals surface area (Å²) in [4.78, 5) is 28.1. The number of halogens is 1. The molecule has 1 atom stereocenters. The highest BCUT2D eigenvalue weighted by molar-refractivity contribution is 9.10. The Hall–Kier alpha value is -1.96. The number of aryl methyl sites for hydroxylation is 2. The van der Waals surface area contributed by atoms with Gasteiger partial charge < -0.3 is 14.7 Å². The van der Waals surface area contributed by atoms with Crippen LogP contribution in [-0.2, 0) is 14.3 Å². The van der Waals surface area contributed by atoms with Gasteiger partial charge in [-0.25, -0.2) is 0 Å². The monoisotopic (exact) mass is 463 g/mol. The molecule has 2 heterocycles. The number of amides is 1. The Kier molecular flexibility index (Phi) is 6.37. The molecule has 1 amide bonds. The number of carbonyl (C=O) groups excluding carboxylic acids is 2. The molecule has 28 heavy (non-hydrogen) atoms. The average molecular weight is 464 g/mol. The van der Waals surface area contributed by atoms with Crippen LogP contribution in [0.1, 0.15) is 34.0 Å². The molecule has 2 aromatic rings. The summed E-state index contributed by atoms with van der Waals surface area (Å²) in [7, 11) is 1.60. The minimum atomic E-state index is -0.645. The summed E-state index contributed by atoms with van der Waals surface area (Å²) in [5.41, 5.74) is 2.60. The van der Waals surface area contributed by atoms with Crippen LogP contribution < -0.4 is 0 Å². The molecule has 1 fully saturated rings. The van der Waals surface area contributed by atoms with Crippen LogP contribution in [0.4, 0.5) is 0 Å². The molecule has 148 valence electrons. The molecule has 3 rings (SSSR count). The summed E-state index contributed by atoms with van der Waals surface area (Å²) in [5.74, 6) is -1.36. The minimum absolute atomic E-state index is 0.138. The number of hydrogen-bond donors (Lipinski definition) is 1. The number of nitrogens with zero attached hydrogens (tertiary/aromatic N) is 1. The fraction of sp³-hybridized carbons (Fsp3) is 0.333. The number of likely N-dealkylation sites (tertiary alicyclic amines) is 1. The van der Waals surface area contributed by atoms with E-state index in [1.807, 2.05) is 31.4 Å². The smallest absolute Gasteiger partial charge is 0.295 e. The topological polar surface area (TPSA) is 66.8 Å². The van der Waals surface area contributed by atoms with E-state index in [9.17, 15) is 14.7 Å². The van der Waals surface area contributed by atoms with E-state index in [4.69, 9.17) is 4.74 Å². The van der Waals surface area contributed by atoms with E-state index in [0.29, 0.717) is 25.1 Å². The van der Waals surface area contributed by atoms with Crippen LogP contribution >= 0.6 is 27.3 Å². The van der Waals surface area contributed by atoms with Crippen LogP contribution in [0.5, 0.6) is 0 Å². The van der Waals surface area contributed by atoms with Gasteiger partial charge in [0.05, 0.1) is 11.6 Å². The summed E-state index contributed by atoms with van der Waals surface area (Å²) < 4.78 is 6.01. The first-order valence-electron chi connectivity index (χ1n) is 8.94. The van der Waals surface area contributed by atoms with Gasteiger partial charge in [0.15, 0.2) is 0 Å². The van der Waals surface area contributed by atoms with Crippen molar-refractivity contribution in [3.05, 3.63) is 61.3 Å². The molecule has 0 bridgehead atoms. The number of aliphatic hydroxyl groups is 1. The number of Topliss-reactive ketones (excluding diaryl/α,β-unsaturated/α-hetero) is 1. The number of aliphatic hydroxyl groups excluding tert-OH is 1. The van der Waals surface area contributed by atoms with Crippen molar-refractivity contribution in [1.82, 2.24) is 4.90 Å². The van der Waals surface area contributed by atoms with Crippen LogP contribution in [0.3, 0.4) is 0 Å². The summed E-state index contributed by atoms with van der Waals surface area (Å²) in [6.07, 6.45) is 0.613.